The van der Waals surface area contributed by atoms with Gasteiger partial charge in [0.2, 0.25) is 11.8 Å². The summed E-state index contributed by atoms with van der Waals surface area (Å²) >= 11 is 0. The third kappa shape index (κ3) is 6.08. The highest BCUT2D eigenvalue weighted by Crippen LogP contribution is 2.14. The third-order valence-corrected chi connectivity index (χ3v) is 5.46. The van der Waals surface area contributed by atoms with Crippen LogP contribution in [-0.4, -0.2) is 54.9 Å². The first-order valence-electron chi connectivity index (χ1n) is 10.3. The quantitative estimate of drug-likeness (QED) is 0.756. The molecule has 2 aromatic carbocycles. The lowest BCUT2D eigenvalue weighted by atomic mass is 10.1. The standard InChI is InChI=1S/C24H30N2O3/c1-19-4-6-20(7-5-19)10-13-23(27)25-14-3-15-26(17-16-25)24(28)18-21-8-11-22(29-2)12-9-21/h4-9,11-12H,3,10,13-18H2,1-2H3. The van der Waals surface area contributed by atoms with E-state index in [1.807, 2.05) is 34.1 Å². The van der Waals surface area contributed by atoms with Gasteiger partial charge in [-0.25, -0.2) is 0 Å². The van der Waals surface area contributed by atoms with Crippen LogP contribution in [0.4, 0.5) is 0 Å². The molecule has 5 nitrogen and oxygen atoms in total. The minimum Gasteiger partial charge on any atom is -0.497 e. The first kappa shape index (κ1) is 20.9. The van der Waals surface area contributed by atoms with E-state index in [0.717, 1.165) is 30.7 Å². The summed E-state index contributed by atoms with van der Waals surface area (Å²) < 4.78 is 5.16. The summed E-state index contributed by atoms with van der Waals surface area (Å²) in [5.74, 6) is 1.08. The Morgan fingerprint density at radius 2 is 1.41 bits per heavy atom. The fourth-order valence-electron chi connectivity index (χ4n) is 3.61. The second kappa shape index (κ2) is 10.1. The number of hydrogen-bond donors (Lipinski definition) is 0. The monoisotopic (exact) mass is 394 g/mol. The van der Waals surface area contributed by atoms with Crippen molar-refractivity contribution in [3.63, 3.8) is 0 Å². The van der Waals surface area contributed by atoms with Crippen LogP contribution in [0.2, 0.25) is 0 Å². The fourth-order valence-corrected chi connectivity index (χ4v) is 3.61. The van der Waals surface area contributed by atoms with Crippen molar-refractivity contribution >= 4 is 11.8 Å². The second-order valence-electron chi connectivity index (χ2n) is 7.63. The average molecular weight is 395 g/mol. The predicted molar refractivity (Wildman–Crippen MR) is 114 cm³/mol. The Morgan fingerprint density at radius 1 is 0.828 bits per heavy atom. The topological polar surface area (TPSA) is 49.9 Å². The number of hydrogen-bond acceptors (Lipinski definition) is 3. The second-order valence-corrected chi connectivity index (χ2v) is 7.63. The number of methoxy groups -OCH3 is 1. The van der Waals surface area contributed by atoms with Crippen LogP contribution in [-0.2, 0) is 22.4 Å². The maximum atomic E-state index is 12.7. The molecule has 0 bridgehead atoms. The molecule has 1 aliphatic rings. The maximum absolute atomic E-state index is 12.7. The zero-order valence-electron chi connectivity index (χ0n) is 17.4. The highest BCUT2D eigenvalue weighted by molar-refractivity contribution is 5.79. The van der Waals surface area contributed by atoms with Gasteiger partial charge in [0.25, 0.3) is 0 Å². The van der Waals surface area contributed by atoms with Crippen molar-refractivity contribution in [3.8, 4) is 5.75 Å². The van der Waals surface area contributed by atoms with Gasteiger partial charge in [-0.05, 0) is 43.0 Å². The number of aryl methyl sites for hydroxylation is 2. The van der Waals surface area contributed by atoms with E-state index in [4.69, 9.17) is 4.74 Å². The summed E-state index contributed by atoms with van der Waals surface area (Å²) in [7, 11) is 1.63. The first-order chi connectivity index (χ1) is 14.0. The van der Waals surface area contributed by atoms with Crippen LogP contribution in [0.1, 0.15) is 29.5 Å². The lowest BCUT2D eigenvalue weighted by Crippen LogP contribution is -2.38. The normalized spacial score (nSPS) is 14.4. The molecule has 0 saturated carbocycles. The largest absolute Gasteiger partial charge is 0.497 e. The predicted octanol–water partition coefficient (Wildman–Crippen LogP) is 3.24. The van der Waals surface area contributed by atoms with Gasteiger partial charge >= 0.3 is 0 Å². The summed E-state index contributed by atoms with van der Waals surface area (Å²) in [5.41, 5.74) is 3.40. The summed E-state index contributed by atoms with van der Waals surface area (Å²) in [6, 6.07) is 15.9. The minimum atomic E-state index is 0.115. The van der Waals surface area contributed by atoms with Crippen LogP contribution in [0.25, 0.3) is 0 Å². The Labute approximate surface area is 173 Å². The van der Waals surface area contributed by atoms with E-state index in [0.29, 0.717) is 32.5 Å². The summed E-state index contributed by atoms with van der Waals surface area (Å²) in [6.07, 6.45) is 2.48. The number of benzene rings is 2. The average Bonchev–Trinajstić information content (AvgIpc) is 3.00. The molecule has 1 aliphatic heterocycles. The third-order valence-electron chi connectivity index (χ3n) is 5.46. The molecule has 1 saturated heterocycles. The molecule has 2 amide bonds. The van der Waals surface area contributed by atoms with Crippen molar-refractivity contribution in [2.75, 3.05) is 33.3 Å². The molecule has 1 fully saturated rings. The molecule has 2 aromatic rings. The highest BCUT2D eigenvalue weighted by atomic mass is 16.5. The lowest BCUT2D eigenvalue weighted by molar-refractivity contribution is -0.133. The van der Waals surface area contributed by atoms with Crippen molar-refractivity contribution in [1.29, 1.82) is 0 Å². The van der Waals surface area contributed by atoms with Crippen molar-refractivity contribution in [3.05, 3.63) is 65.2 Å². The van der Waals surface area contributed by atoms with E-state index >= 15 is 0 Å². The molecule has 0 N–H and O–H groups in total. The van der Waals surface area contributed by atoms with Gasteiger partial charge in [0.05, 0.1) is 13.5 Å². The molecular weight excluding hydrogens is 364 g/mol. The fraction of sp³-hybridized carbons (Fsp3) is 0.417. The van der Waals surface area contributed by atoms with Crippen LogP contribution in [0.5, 0.6) is 5.75 Å². The number of carbonyl (C=O) groups excluding carboxylic acids is 2. The van der Waals surface area contributed by atoms with E-state index in [2.05, 4.69) is 31.2 Å². The highest BCUT2D eigenvalue weighted by Gasteiger charge is 2.22. The van der Waals surface area contributed by atoms with Crippen molar-refractivity contribution in [1.82, 2.24) is 9.80 Å². The number of nitrogens with zero attached hydrogens (tertiary/aromatic N) is 2. The molecule has 154 valence electrons. The number of carbonyl (C=O) groups is 2. The van der Waals surface area contributed by atoms with Crippen LogP contribution in [0.3, 0.4) is 0 Å². The van der Waals surface area contributed by atoms with Gasteiger partial charge < -0.3 is 14.5 Å². The van der Waals surface area contributed by atoms with Crippen LogP contribution in [0.15, 0.2) is 48.5 Å². The van der Waals surface area contributed by atoms with Gasteiger partial charge in [-0.3, -0.25) is 9.59 Å². The van der Waals surface area contributed by atoms with Crippen molar-refractivity contribution < 1.29 is 14.3 Å². The van der Waals surface area contributed by atoms with Crippen LogP contribution < -0.4 is 4.74 Å². The van der Waals surface area contributed by atoms with Crippen molar-refractivity contribution in [2.24, 2.45) is 0 Å². The smallest absolute Gasteiger partial charge is 0.227 e. The molecular formula is C24H30N2O3. The summed E-state index contributed by atoms with van der Waals surface area (Å²) in [6.45, 7) is 4.70. The summed E-state index contributed by atoms with van der Waals surface area (Å²) in [4.78, 5) is 29.1. The Kier molecular flexibility index (Phi) is 7.28. The van der Waals surface area contributed by atoms with E-state index < -0.39 is 0 Å². The van der Waals surface area contributed by atoms with Gasteiger partial charge in [0.1, 0.15) is 5.75 Å². The van der Waals surface area contributed by atoms with E-state index in [1.165, 1.54) is 11.1 Å². The Hall–Kier alpha value is -2.82. The molecule has 29 heavy (non-hydrogen) atoms. The van der Waals surface area contributed by atoms with E-state index in [9.17, 15) is 9.59 Å². The molecule has 1 heterocycles. The molecule has 5 heteroatoms. The van der Waals surface area contributed by atoms with Crippen LogP contribution >= 0.6 is 0 Å². The number of amides is 2. The SMILES string of the molecule is COc1ccc(CC(=O)N2CCCN(C(=O)CCc3ccc(C)cc3)CC2)cc1. The van der Waals surface area contributed by atoms with E-state index in [1.54, 1.807) is 7.11 Å². The Bertz CT molecular complexity index is 815. The van der Waals surface area contributed by atoms with Gasteiger partial charge in [0, 0.05) is 32.6 Å². The van der Waals surface area contributed by atoms with Gasteiger partial charge in [-0.15, -0.1) is 0 Å². The molecule has 3 rings (SSSR count). The molecule has 0 atom stereocenters. The molecule has 0 radical (unpaired) electrons. The number of rotatable bonds is 6. The maximum Gasteiger partial charge on any atom is 0.227 e. The first-order valence-corrected chi connectivity index (χ1v) is 10.3. The molecule has 0 spiro atoms. The lowest BCUT2D eigenvalue weighted by Gasteiger charge is -2.22. The van der Waals surface area contributed by atoms with Gasteiger partial charge in [0.15, 0.2) is 0 Å². The van der Waals surface area contributed by atoms with E-state index in [-0.39, 0.29) is 11.8 Å². The van der Waals surface area contributed by atoms with Crippen molar-refractivity contribution in [2.45, 2.75) is 32.6 Å². The minimum absolute atomic E-state index is 0.115. The van der Waals surface area contributed by atoms with Gasteiger partial charge in [-0.1, -0.05) is 42.0 Å². The molecule has 0 aromatic heterocycles. The zero-order chi connectivity index (χ0) is 20.6. The zero-order valence-corrected chi connectivity index (χ0v) is 17.4. The summed E-state index contributed by atoms with van der Waals surface area (Å²) in [5, 5.41) is 0. The number of ether oxygens (including phenoxy) is 1. The Balaban J connectivity index is 1.47. The Morgan fingerprint density at radius 3 is 2.03 bits per heavy atom. The molecule has 0 unspecified atom stereocenters. The van der Waals surface area contributed by atoms with Gasteiger partial charge in [-0.2, -0.15) is 0 Å². The molecule has 0 aliphatic carbocycles. The van der Waals surface area contributed by atoms with Crippen LogP contribution in [0, 0.1) is 6.92 Å².